The van der Waals surface area contributed by atoms with Crippen LogP contribution in [0.15, 0.2) is 27.9 Å². The van der Waals surface area contributed by atoms with Crippen LogP contribution in [0.25, 0.3) is 11.4 Å². The highest BCUT2D eigenvalue weighted by molar-refractivity contribution is 7.79. The number of carbonyl (C=O) groups is 1. The van der Waals surface area contributed by atoms with Crippen molar-refractivity contribution in [2.45, 2.75) is 24.7 Å². The number of rotatable bonds is 3. The Balaban J connectivity index is 1.81. The number of carbonyl (C=O) groups excluding carboxylic acids is 1. The van der Waals surface area contributed by atoms with Gasteiger partial charge in [-0.2, -0.15) is 4.98 Å². The van der Waals surface area contributed by atoms with Crippen LogP contribution in [0.2, 0.25) is 0 Å². The largest absolute Gasteiger partial charge is 0.768 e. The summed E-state index contributed by atoms with van der Waals surface area (Å²) in [4.78, 5) is 22.0. The Labute approximate surface area is 135 Å². The van der Waals surface area contributed by atoms with E-state index >= 15 is 0 Å². The second-order valence-corrected chi connectivity index (χ2v) is 6.51. The van der Waals surface area contributed by atoms with Gasteiger partial charge in [-0.3, -0.25) is 14.0 Å². The van der Waals surface area contributed by atoms with E-state index in [1.54, 1.807) is 4.90 Å². The molecule has 1 amide bonds. The first-order chi connectivity index (χ1) is 11.0. The summed E-state index contributed by atoms with van der Waals surface area (Å²) in [5.74, 6) is 0.191. The maximum Gasteiger partial charge on any atom is 0.316 e. The van der Waals surface area contributed by atoms with E-state index in [2.05, 4.69) is 22.0 Å². The molecule has 0 spiro atoms. The number of piperidine rings is 1. The second kappa shape index (κ2) is 6.55. The first kappa shape index (κ1) is 15.8. The molecule has 0 bridgehead atoms. The summed E-state index contributed by atoms with van der Waals surface area (Å²) >= 11 is -2.40. The van der Waals surface area contributed by atoms with Crippen molar-refractivity contribution in [1.82, 2.24) is 20.0 Å². The molecule has 23 heavy (non-hydrogen) atoms. The van der Waals surface area contributed by atoms with Crippen molar-refractivity contribution in [3.63, 3.8) is 0 Å². The van der Waals surface area contributed by atoms with Gasteiger partial charge in [0.05, 0.1) is 0 Å². The summed E-state index contributed by atoms with van der Waals surface area (Å²) in [5, 5.41) is 3.75. The van der Waals surface area contributed by atoms with E-state index in [1.807, 2.05) is 0 Å². The molecule has 1 aliphatic heterocycles. The van der Waals surface area contributed by atoms with Gasteiger partial charge >= 0.3 is 11.8 Å². The molecule has 1 saturated heterocycles. The summed E-state index contributed by atoms with van der Waals surface area (Å²) in [7, 11) is 0. The van der Waals surface area contributed by atoms with Crippen LogP contribution in [0, 0.1) is 5.92 Å². The molecule has 0 saturated carbocycles. The SMILES string of the molecule is CC1CCCN(C(=O)c2nc(-c3cncc(S(=O)[O-])c3)no2)C1. The molecule has 122 valence electrons. The molecule has 1 fully saturated rings. The van der Waals surface area contributed by atoms with Crippen molar-refractivity contribution in [3.05, 3.63) is 24.4 Å². The van der Waals surface area contributed by atoms with Crippen LogP contribution in [0.4, 0.5) is 0 Å². The van der Waals surface area contributed by atoms with Crippen molar-refractivity contribution in [2.75, 3.05) is 13.1 Å². The van der Waals surface area contributed by atoms with Gasteiger partial charge in [-0.05, 0) is 35.9 Å². The molecular formula is C14H15N4O4S-. The van der Waals surface area contributed by atoms with E-state index in [0.717, 1.165) is 12.8 Å². The third kappa shape index (κ3) is 3.45. The van der Waals surface area contributed by atoms with Gasteiger partial charge in [0.2, 0.25) is 5.82 Å². The van der Waals surface area contributed by atoms with Gasteiger partial charge in [0.25, 0.3) is 0 Å². The average molecular weight is 335 g/mol. The van der Waals surface area contributed by atoms with Crippen molar-refractivity contribution >= 4 is 17.0 Å². The second-order valence-electron chi connectivity index (χ2n) is 5.57. The Morgan fingerprint density at radius 1 is 1.48 bits per heavy atom. The summed E-state index contributed by atoms with van der Waals surface area (Å²) in [5.41, 5.74) is 0.376. The van der Waals surface area contributed by atoms with Crippen LogP contribution in [0.1, 0.15) is 30.5 Å². The zero-order valence-electron chi connectivity index (χ0n) is 12.5. The standard InChI is InChI=1S/C14H16N4O4S/c1-9-3-2-4-18(8-9)14(19)13-16-12(17-22-13)10-5-11(23(20)21)7-15-6-10/h5-7,9H,2-4,8H2,1H3,(H,20,21)/p-1. The van der Waals surface area contributed by atoms with Gasteiger partial charge < -0.3 is 14.0 Å². The Hall–Kier alpha value is -2.13. The highest BCUT2D eigenvalue weighted by atomic mass is 32.2. The van der Waals surface area contributed by atoms with Crippen LogP contribution in [-0.2, 0) is 11.1 Å². The lowest BCUT2D eigenvalue weighted by molar-refractivity contribution is 0.0633. The van der Waals surface area contributed by atoms with Crippen molar-refractivity contribution in [3.8, 4) is 11.4 Å². The molecule has 3 rings (SSSR count). The molecule has 2 aromatic rings. The van der Waals surface area contributed by atoms with Crippen LogP contribution in [0.3, 0.4) is 0 Å². The van der Waals surface area contributed by atoms with Gasteiger partial charge in [-0.1, -0.05) is 12.1 Å². The summed E-state index contributed by atoms with van der Waals surface area (Å²) in [6.45, 7) is 3.44. The summed E-state index contributed by atoms with van der Waals surface area (Å²) < 4.78 is 27.0. The monoisotopic (exact) mass is 335 g/mol. The van der Waals surface area contributed by atoms with Gasteiger partial charge in [0, 0.05) is 35.9 Å². The lowest BCUT2D eigenvalue weighted by Crippen LogP contribution is -2.39. The van der Waals surface area contributed by atoms with Crippen LogP contribution < -0.4 is 0 Å². The van der Waals surface area contributed by atoms with E-state index in [0.29, 0.717) is 24.6 Å². The molecule has 0 aliphatic carbocycles. The molecular weight excluding hydrogens is 320 g/mol. The Morgan fingerprint density at radius 3 is 3.04 bits per heavy atom. The minimum atomic E-state index is -2.40. The predicted molar refractivity (Wildman–Crippen MR) is 79.0 cm³/mol. The first-order valence-corrected chi connectivity index (χ1v) is 8.30. The molecule has 0 radical (unpaired) electrons. The normalized spacial score (nSPS) is 19.6. The zero-order valence-corrected chi connectivity index (χ0v) is 13.3. The molecule has 8 nitrogen and oxygen atoms in total. The van der Waals surface area contributed by atoms with E-state index in [4.69, 9.17) is 4.52 Å². The third-order valence-electron chi connectivity index (χ3n) is 3.72. The Kier molecular flexibility index (Phi) is 4.49. The molecule has 1 aliphatic rings. The van der Waals surface area contributed by atoms with E-state index < -0.39 is 11.1 Å². The van der Waals surface area contributed by atoms with Gasteiger partial charge in [0.15, 0.2) is 0 Å². The fourth-order valence-electron chi connectivity index (χ4n) is 2.57. The maximum atomic E-state index is 12.4. The minimum absolute atomic E-state index is 0.0185. The quantitative estimate of drug-likeness (QED) is 0.775. The van der Waals surface area contributed by atoms with Crippen LogP contribution in [0.5, 0.6) is 0 Å². The predicted octanol–water partition coefficient (Wildman–Crippen LogP) is 1.24. The van der Waals surface area contributed by atoms with E-state index in [-0.39, 0.29) is 22.5 Å². The fourth-order valence-corrected chi connectivity index (χ4v) is 2.94. The van der Waals surface area contributed by atoms with Crippen LogP contribution in [-0.4, -0.2) is 47.8 Å². The smallest absolute Gasteiger partial charge is 0.316 e. The first-order valence-electron chi connectivity index (χ1n) is 7.22. The Bertz CT molecular complexity index is 748. The molecule has 2 atom stereocenters. The van der Waals surface area contributed by atoms with Crippen LogP contribution >= 0.6 is 0 Å². The Morgan fingerprint density at radius 2 is 2.30 bits per heavy atom. The number of hydrogen-bond acceptors (Lipinski definition) is 7. The van der Waals surface area contributed by atoms with E-state index in [9.17, 15) is 13.6 Å². The molecule has 2 unspecified atom stereocenters. The molecule has 9 heteroatoms. The lowest BCUT2D eigenvalue weighted by atomic mass is 10.0. The van der Waals surface area contributed by atoms with Crippen molar-refractivity contribution in [2.24, 2.45) is 5.92 Å². The van der Waals surface area contributed by atoms with Crippen molar-refractivity contribution < 1.29 is 18.1 Å². The third-order valence-corrected chi connectivity index (χ3v) is 4.33. The van der Waals surface area contributed by atoms with Gasteiger partial charge in [0.1, 0.15) is 0 Å². The van der Waals surface area contributed by atoms with E-state index in [1.165, 1.54) is 18.5 Å². The number of amides is 1. The van der Waals surface area contributed by atoms with Crippen molar-refractivity contribution in [1.29, 1.82) is 0 Å². The van der Waals surface area contributed by atoms with Gasteiger partial charge in [-0.15, -0.1) is 0 Å². The summed E-state index contributed by atoms with van der Waals surface area (Å²) in [6, 6.07) is 1.37. The topological polar surface area (TPSA) is 112 Å². The highest BCUT2D eigenvalue weighted by Gasteiger charge is 2.26. The number of pyridine rings is 1. The number of likely N-dealkylation sites (tertiary alicyclic amines) is 1. The molecule has 0 aromatic carbocycles. The minimum Gasteiger partial charge on any atom is -0.768 e. The lowest BCUT2D eigenvalue weighted by Gasteiger charge is -2.29. The number of aromatic nitrogens is 3. The van der Waals surface area contributed by atoms with Gasteiger partial charge in [-0.25, -0.2) is 0 Å². The molecule has 2 aromatic heterocycles. The summed E-state index contributed by atoms with van der Waals surface area (Å²) in [6.07, 6.45) is 4.69. The fraction of sp³-hybridized carbons (Fsp3) is 0.429. The molecule has 0 N–H and O–H groups in total. The highest BCUT2D eigenvalue weighted by Crippen LogP contribution is 2.20. The average Bonchev–Trinajstić information content (AvgIpc) is 3.04. The number of nitrogens with zero attached hydrogens (tertiary/aromatic N) is 4. The maximum absolute atomic E-state index is 12.4. The number of hydrogen-bond donors (Lipinski definition) is 0. The molecule has 3 heterocycles. The zero-order chi connectivity index (χ0) is 16.4.